The number of aromatic amines is 2. The molecule has 5 aromatic rings. The van der Waals surface area contributed by atoms with Crippen molar-refractivity contribution in [1.29, 1.82) is 0 Å². The van der Waals surface area contributed by atoms with Gasteiger partial charge in [0.15, 0.2) is 5.82 Å². The highest BCUT2D eigenvalue weighted by atomic mass is 32.2. The lowest BCUT2D eigenvalue weighted by molar-refractivity contribution is 0.630. The molecule has 28 heavy (non-hydrogen) atoms. The van der Waals surface area contributed by atoms with Crippen molar-refractivity contribution in [2.24, 2.45) is 0 Å². The first kappa shape index (κ1) is 16.7. The molecule has 9 heteroatoms. The second-order valence-electron chi connectivity index (χ2n) is 6.02. The molecule has 2 N–H and O–H groups in total. The van der Waals surface area contributed by atoms with Gasteiger partial charge in [-0.25, -0.2) is 14.4 Å². The van der Waals surface area contributed by atoms with Crippen LogP contribution in [0.4, 0.5) is 4.39 Å². The van der Waals surface area contributed by atoms with E-state index in [-0.39, 0.29) is 17.0 Å². The van der Waals surface area contributed by atoms with E-state index in [0.29, 0.717) is 39.2 Å². The zero-order chi connectivity index (χ0) is 19.1. The number of halogens is 1. The van der Waals surface area contributed by atoms with E-state index in [1.54, 1.807) is 24.3 Å². The highest BCUT2D eigenvalue weighted by molar-refractivity contribution is 7.98. The lowest BCUT2D eigenvalue weighted by atomic mass is 10.2. The van der Waals surface area contributed by atoms with Gasteiger partial charge in [-0.3, -0.25) is 9.89 Å². The fourth-order valence-corrected chi connectivity index (χ4v) is 3.60. The van der Waals surface area contributed by atoms with Gasteiger partial charge in [0.1, 0.15) is 22.7 Å². The minimum absolute atomic E-state index is 0.203. The molecule has 0 saturated carbocycles. The molecule has 0 atom stereocenters. The smallest absolute Gasteiger partial charge is 0.294 e. The van der Waals surface area contributed by atoms with Crippen molar-refractivity contribution < 1.29 is 8.81 Å². The van der Waals surface area contributed by atoms with Crippen LogP contribution in [0.25, 0.3) is 33.5 Å². The third-order valence-electron chi connectivity index (χ3n) is 4.21. The Morgan fingerprint density at radius 2 is 1.89 bits per heavy atom. The number of nitrogens with zero attached hydrogens (tertiary/aromatic N) is 3. The van der Waals surface area contributed by atoms with Crippen molar-refractivity contribution >= 4 is 33.8 Å². The number of thioether (sulfide) groups is 1. The number of aromatic nitrogens is 5. The molecule has 0 spiro atoms. The van der Waals surface area contributed by atoms with Crippen LogP contribution in [-0.4, -0.2) is 25.1 Å². The summed E-state index contributed by atoms with van der Waals surface area (Å²) in [5.41, 5.74) is 1.36. The lowest BCUT2D eigenvalue weighted by Crippen LogP contribution is -2.10. The zero-order valence-electron chi connectivity index (χ0n) is 14.3. The number of nitrogens with one attached hydrogen (secondary N) is 2. The number of benzene rings is 2. The number of para-hydroxylation sites is 1. The van der Waals surface area contributed by atoms with E-state index in [1.165, 1.54) is 17.8 Å². The van der Waals surface area contributed by atoms with Gasteiger partial charge in [-0.1, -0.05) is 36.0 Å². The zero-order valence-corrected chi connectivity index (χ0v) is 15.1. The van der Waals surface area contributed by atoms with E-state index in [1.807, 2.05) is 18.2 Å². The lowest BCUT2D eigenvalue weighted by Gasteiger charge is -1.98. The number of H-pyrrole nitrogens is 2. The number of fused-ring (bicyclic) bond motifs is 3. The second-order valence-corrected chi connectivity index (χ2v) is 6.97. The van der Waals surface area contributed by atoms with Crippen molar-refractivity contribution in [3.05, 3.63) is 70.5 Å². The van der Waals surface area contributed by atoms with Crippen LogP contribution < -0.4 is 5.56 Å². The average Bonchev–Trinajstić information content (AvgIpc) is 3.32. The Morgan fingerprint density at radius 3 is 2.79 bits per heavy atom. The summed E-state index contributed by atoms with van der Waals surface area (Å²) in [5.74, 6) is 0.794. The summed E-state index contributed by atoms with van der Waals surface area (Å²) in [5, 5.41) is 8.04. The molecule has 5 rings (SSSR count). The summed E-state index contributed by atoms with van der Waals surface area (Å²) in [6, 6.07) is 13.7. The van der Waals surface area contributed by atoms with Gasteiger partial charge in [-0.2, -0.15) is 0 Å². The molecular weight excluding hydrogens is 381 g/mol. The van der Waals surface area contributed by atoms with Gasteiger partial charge in [-0.15, -0.1) is 5.10 Å². The van der Waals surface area contributed by atoms with E-state index in [9.17, 15) is 9.18 Å². The van der Waals surface area contributed by atoms with Crippen molar-refractivity contribution in [3.8, 4) is 11.4 Å². The Morgan fingerprint density at radius 1 is 1.07 bits per heavy atom. The SMILES string of the molecule is O=c1[nH]c(CSc2n[nH]c(-c3ccccc3F)n2)nc2c1oc1ccccc12. The van der Waals surface area contributed by atoms with Crippen LogP contribution in [0.5, 0.6) is 0 Å². The molecule has 0 radical (unpaired) electrons. The van der Waals surface area contributed by atoms with E-state index in [2.05, 4.69) is 25.1 Å². The standard InChI is InChI=1S/C19H12FN5O2S/c20-12-7-3-1-5-10(12)17-23-19(25-24-17)28-9-14-21-15-11-6-2-4-8-13(11)27-16(15)18(26)22-14/h1-8H,9H2,(H,21,22,26)(H,23,24,25). The second kappa shape index (κ2) is 6.61. The Bertz CT molecular complexity index is 1370. The number of rotatable bonds is 4. The van der Waals surface area contributed by atoms with Crippen molar-refractivity contribution in [2.45, 2.75) is 10.9 Å². The summed E-state index contributed by atoms with van der Waals surface area (Å²) in [6.07, 6.45) is 0. The first-order valence-electron chi connectivity index (χ1n) is 8.39. The normalized spacial score (nSPS) is 11.5. The van der Waals surface area contributed by atoms with Crippen LogP contribution in [-0.2, 0) is 5.75 Å². The highest BCUT2D eigenvalue weighted by Crippen LogP contribution is 2.26. The van der Waals surface area contributed by atoms with Gasteiger partial charge >= 0.3 is 0 Å². The Balaban J connectivity index is 1.43. The third-order valence-corrected chi connectivity index (χ3v) is 5.07. The quantitative estimate of drug-likeness (QED) is 0.449. The Labute approximate surface area is 161 Å². The van der Waals surface area contributed by atoms with Gasteiger partial charge in [-0.05, 0) is 24.3 Å². The minimum atomic E-state index is -0.376. The largest absolute Gasteiger partial charge is 0.449 e. The number of furan rings is 1. The molecule has 2 aromatic carbocycles. The topological polar surface area (TPSA) is 100 Å². The Hall–Kier alpha value is -3.46. The summed E-state index contributed by atoms with van der Waals surface area (Å²) in [4.78, 5) is 23.9. The maximum absolute atomic E-state index is 13.9. The molecule has 0 bridgehead atoms. The van der Waals surface area contributed by atoms with E-state index in [0.717, 1.165) is 5.39 Å². The average molecular weight is 393 g/mol. The van der Waals surface area contributed by atoms with Crippen LogP contribution in [0.1, 0.15) is 5.82 Å². The van der Waals surface area contributed by atoms with Crippen LogP contribution in [0, 0.1) is 5.82 Å². The van der Waals surface area contributed by atoms with Gasteiger partial charge in [0.2, 0.25) is 10.7 Å². The van der Waals surface area contributed by atoms with Gasteiger partial charge in [0.25, 0.3) is 5.56 Å². The summed E-state index contributed by atoms with van der Waals surface area (Å²) >= 11 is 1.28. The summed E-state index contributed by atoms with van der Waals surface area (Å²) < 4.78 is 19.5. The maximum atomic E-state index is 13.9. The molecule has 138 valence electrons. The fraction of sp³-hybridized carbons (Fsp3) is 0.0526. The molecule has 3 aromatic heterocycles. The third kappa shape index (κ3) is 2.85. The van der Waals surface area contributed by atoms with E-state index < -0.39 is 0 Å². The molecule has 0 amide bonds. The first-order chi connectivity index (χ1) is 13.7. The summed E-state index contributed by atoms with van der Waals surface area (Å²) in [7, 11) is 0. The summed E-state index contributed by atoms with van der Waals surface area (Å²) in [6.45, 7) is 0. The number of hydrogen-bond acceptors (Lipinski definition) is 6. The molecule has 0 aliphatic rings. The van der Waals surface area contributed by atoms with Gasteiger partial charge in [0, 0.05) is 5.39 Å². The molecule has 0 unspecified atom stereocenters. The van der Waals surface area contributed by atoms with Crippen molar-refractivity contribution in [2.75, 3.05) is 0 Å². The predicted octanol–water partition coefficient (Wildman–Crippen LogP) is 3.89. The molecule has 0 aliphatic carbocycles. The fourth-order valence-electron chi connectivity index (χ4n) is 2.93. The van der Waals surface area contributed by atoms with Crippen molar-refractivity contribution in [3.63, 3.8) is 0 Å². The Kier molecular flexibility index (Phi) is 3.94. The molecule has 0 saturated heterocycles. The number of hydrogen-bond donors (Lipinski definition) is 2. The van der Waals surface area contributed by atoms with Crippen LogP contribution >= 0.6 is 11.8 Å². The van der Waals surface area contributed by atoms with Crippen LogP contribution in [0.3, 0.4) is 0 Å². The molecule has 7 nitrogen and oxygen atoms in total. The monoisotopic (exact) mass is 393 g/mol. The van der Waals surface area contributed by atoms with Crippen LogP contribution in [0.15, 0.2) is 62.9 Å². The van der Waals surface area contributed by atoms with Gasteiger partial charge < -0.3 is 9.40 Å². The molecule has 0 fully saturated rings. The molecule has 3 heterocycles. The highest BCUT2D eigenvalue weighted by Gasteiger charge is 2.14. The predicted molar refractivity (Wildman–Crippen MR) is 103 cm³/mol. The molecule has 0 aliphatic heterocycles. The maximum Gasteiger partial charge on any atom is 0.294 e. The van der Waals surface area contributed by atoms with Crippen LogP contribution in [0.2, 0.25) is 0 Å². The van der Waals surface area contributed by atoms with Crippen molar-refractivity contribution in [1.82, 2.24) is 25.1 Å². The molecular formula is C19H12FN5O2S. The first-order valence-corrected chi connectivity index (χ1v) is 9.38. The van der Waals surface area contributed by atoms with E-state index in [4.69, 9.17) is 4.42 Å². The van der Waals surface area contributed by atoms with Gasteiger partial charge in [0.05, 0.1) is 11.3 Å². The van der Waals surface area contributed by atoms with E-state index >= 15 is 0 Å². The minimum Gasteiger partial charge on any atom is -0.449 e.